The summed E-state index contributed by atoms with van der Waals surface area (Å²) in [6, 6.07) is 9.50. The number of hydrogen-bond donors (Lipinski definition) is 2. The Hall–Kier alpha value is -4.08. The molecule has 5 rings (SSSR count). The van der Waals surface area contributed by atoms with E-state index in [1.165, 1.54) is 24.3 Å². The Kier molecular flexibility index (Phi) is 6.26. The van der Waals surface area contributed by atoms with E-state index < -0.39 is 35.5 Å². The minimum atomic E-state index is -1.00. The number of carbonyl (C=O) groups excluding carboxylic acids is 5. The van der Waals surface area contributed by atoms with Gasteiger partial charge in [-0.2, -0.15) is 0 Å². The molecule has 0 saturated carbocycles. The lowest BCUT2D eigenvalue weighted by molar-refractivity contribution is -0.136. The van der Waals surface area contributed by atoms with Crippen molar-refractivity contribution < 1.29 is 28.4 Å². The highest BCUT2D eigenvalue weighted by molar-refractivity contribution is 6.25. The lowest BCUT2D eigenvalue weighted by atomic mass is 9.95. The molecular weight excluding hydrogens is 467 g/mol. The molecule has 5 amide bonds. The fourth-order valence-electron chi connectivity index (χ4n) is 5.08. The summed E-state index contributed by atoms with van der Waals surface area (Å²) in [4.78, 5) is 65.6. The molecule has 1 atom stereocenters. The molecule has 0 aromatic heterocycles. The van der Waals surface area contributed by atoms with Gasteiger partial charge in [-0.1, -0.05) is 6.07 Å². The first-order valence-electron chi connectivity index (χ1n) is 12.0. The summed E-state index contributed by atoms with van der Waals surface area (Å²) in [5, 5.41) is 5.11. The minimum absolute atomic E-state index is 0.0713. The van der Waals surface area contributed by atoms with Crippen LogP contribution in [-0.2, 0) is 9.59 Å². The van der Waals surface area contributed by atoms with Crippen LogP contribution in [0.25, 0.3) is 0 Å². The summed E-state index contributed by atoms with van der Waals surface area (Å²) in [7, 11) is 0. The third-order valence-corrected chi connectivity index (χ3v) is 7.06. The van der Waals surface area contributed by atoms with Crippen molar-refractivity contribution >= 4 is 35.2 Å². The molecular formula is C26H25FN4O5. The maximum atomic E-state index is 13.3. The number of fused-ring (bicyclic) bond motifs is 1. The Morgan fingerprint density at radius 1 is 0.972 bits per heavy atom. The highest BCUT2D eigenvalue weighted by Gasteiger charge is 2.46. The number of halogens is 1. The Morgan fingerprint density at radius 3 is 2.39 bits per heavy atom. The van der Waals surface area contributed by atoms with Gasteiger partial charge in [-0.15, -0.1) is 0 Å². The van der Waals surface area contributed by atoms with Crippen LogP contribution >= 0.6 is 0 Å². The van der Waals surface area contributed by atoms with Crippen molar-refractivity contribution in [1.29, 1.82) is 0 Å². The standard InChI is InChI=1S/C26H25FN4O5/c27-17-6-4-16(5-7-17)23(33)28-14-15-10-12-30(13-11-15)19-3-1-2-18-22(19)26(36)31(25(18)35)20-8-9-21(32)29-24(20)34/h1-7,15,20H,8-14H2,(H,28,33)(H,29,32,34). The number of imide groups is 2. The van der Waals surface area contributed by atoms with Crippen LogP contribution in [0.1, 0.15) is 56.8 Å². The lowest BCUT2D eigenvalue weighted by Gasteiger charge is -2.34. The SMILES string of the molecule is O=C1CCC(N2C(=O)c3cccc(N4CCC(CNC(=O)c5ccc(F)cc5)CC4)c3C2=O)C(=O)N1. The molecule has 9 nitrogen and oxygen atoms in total. The molecule has 3 aliphatic heterocycles. The zero-order chi connectivity index (χ0) is 25.4. The maximum Gasteiger partial charge on any atom is 0.264 e. The van der Waals surface area contributed by atoms with E-state index >= 15 is 0 Å². The molecule has 0 radical (unpaired) electrons. The molecule has 2 aromatic carbocycles. The Labute approximate surface area is 206 Å². The monoisotopic (exact) mass is 492 g/mol. The first kappa shape index (κ1) is 23.7. The number of anilines is 1. The Balaban J connectivity index is 1.24. The summed E-state index contributed by atoms with van der Waals surface area (Å²) in [5.41, 5.74) is 1.60. The van der Waals surface area contributed by atoms with Crippen LogP contribution in [0.2, 0.25) is 0 Å². The Morgan fingerprint density at radius 2 is 1.69 bits per heavy atom. The van der Waals surface area contributed by atoms with Crippen LogP contribution in [0.5, 0.6) is 0 Å². The largest absolute Gasteiger partial charge is 0.371 e. The number of hydrogen-bond acceptors (Lipinski definition) is 6. The second kappa shape index (κ2) is 9.52. The van der Waals surface area contributed by atoms with Crippen molar-refractivity contribution in [2.45, 2.75) is 31.7 Å². The smallest absolute Gasteiger partial charge is 0.264 e. The van der Waals surface area contributed by atoms with Gasteiger partial charge in [0, 0.05) is 31.6 Å². The van der Waals surface area contributed by atoms with Gasteiger partial charge in [0.15, 0.2) is 0 Å². The number of benzene rings is 2. The van der Waals surface area contributed by atoms with Gasteiger partial charge in [0.2, 0.25) is 11.8 Å². The average molecular weight is 493 g/mol. The third kappa shape index (κ3) is 4.34. The van der Waals surface area contributed by atoms with Gasteiger partial charge in [0.05, 0.1) is 16.8 Å². The number of nitrogens with one attached hydrogen (secondary N) is 2. The van der Waals surface area contributed by atoms with Gasteiger partial charge in [-0.25, -0.2) is 4.39 Å². The van der Waals surface area contributed by atoms with E-state index in [1.807, 2.05) is 0 Å². The number of nitrogens with zero attached hydrogens (tertiary/aromatic N) is 2. The average Bonchev–Trinajstić information content (AvgIpc) is 3.13. The molecule has 10 heteroatoms. The first-order chi connectivity index (χ1) is 17.3. The predicted octanol–water partition coefficient (Wildman–Crippen LogP) is 1.87. The van der Waals surface area contributed by atoms with E-state index in [0.29, 0.717) is 30.9 Å². The molecule has 0 spiro atoms. The maximum absolute atomic E-state index is 13.3. The third-order valence-electron chi connectivity index (χ3n) is 7.06. The van der Waals surface area contributed by atoms with Crippen LogP contribution in [0.4, 0.5) is 10.1 Å². The Bertz CT molecular complexity index is 1250. The summed E-state index contributed by atoms with van der Waals surface area (Å²) < 4.78 is 13.1. The van der Waals surface area contributed by atoms with E-state index in [-0.39, 0.29) is 35.8 Å². The summed E-state index contributed by atoms with van der Waals surface area (Å²) in [6.45, 7) is 1.75. The molecule has 36 heavy (non-hydrogen) atoms. The number of amides is 5. The van der Waals surface area contributed by atoms with E-state index in [2.05, 4.69) is 15.5 Å². The number of carbonyl (C=O) groups is 5. The topological polar surface area (TPSA) is 116 Å². The van der Waals surface area contributed by atoms with Gasteiger partial charge in [0.1, 0.15) is 11.9 Å². The fourth-order valence-corrected chi connectivity index (χ4v) is 5.08. The summed E-state index contributed by atoms with van der Waals surface area (Å²) in [6.07, 6.45) is 1.72. The van der Waals surface area contributed by atoms with Crippen molar-refractivity contribution in [2.24, 2.45) is 5.92 Å². The molecule has 2 fully saturated rings. The number of rotatable bonds is 5. The van der Waals surface area contributed by atoms with Crippen molar-refractivity contribution in [3.8, 4) is 0 Å². The molecule has 3 aliphatic rings. The highest BCUT2D eigenvalue weighted by atomic mass is 19.1. The van der Waals surface area contributed by atoms with Gasteiger partial charge in [-0.05, 0) is 61.6 Å². The van der Waals surface area contributed by atoms with Gasteiger partial charge >= 0.3 is 0 Å². The zero-order valence-corrected chi connectivity index (χ0v) is 19.5. The lowest BCUT2D eigenvalue weighted by Crippen LogP contribution is -2.54. The van der Waals surface area contributed by atoms with E-state index in [4.69, 9.17) is 0 Å². The normalized spacial score (nSPS) is 20.4. The highest BCUT2D eigenvalue weighted by Crippen LogP contribution is 2.35. The van der Waals surface area contributed by atoms with Crippen molar-refractivity contribution in [3.05, 3.63) is 65.0 Å². The first-order valence-corrected chi connectivity index (χ1v) is 12.0. The second-order valence-corrected chi connectivity index (χ2v) is 9.29. The predicted molar refractivity (Wildman–Crippen MR) is 127 cm³/mol. The van der Waals surface area contributed by atoms with Crippen LogP contribution in [0, 0.1) is 11.7 Å². The molecule has 0 aliphatic carbocycles. The molecule has 2 saturated heterocycles. The molecule has 0 bridgehead atoms. The van der Waals surface area contributed by atoms with E-state index in [9.17, 15) is 28.4 Å². The summed E-state index contributed by atoms with van der Waals surface area (Å²) in [5.74, 6) is -2.50. The molecule has 1 unspecified atom stereocenters. The molecule has 3 heterocycles. The van der Waals surface area contributed by atoms with E-state index in [1.54, 1.807) is 18.2 Å². The van der Waals surface area contributed by atoms with Crippen LogP contribution in [-0.4, -0.2) is 60.1 Å². The second-order valence-electron chi connectivity index (χ2n) is 9.29. The molecule has 2 N–H and O–H groups in total. The quantitative estimate of drug-likeness (QED) is 0.616. The number of piperidine rings is 2. The molecule has 186 valence electrons. The van der Waals surface area contributed by atoms with Gasteiger partial charge in [-0.3, -0.25) is 34.2 Å². The van der Waals surface area contributed by atoms with Crippen molar-refractivity contribution in [3.63, 3.8) is 0 Å². The van der Waals surface area contributed by atoms with Crippen LogP contribution < -0.4 is 15.5 Å². The van der Waals surface area contributed by atoms with Crippen LogP contribution in [0.15, 0.2) is 42.5 Å². The van der Waals surface area contributed by atoms with E-state index in [0.717, 1.165) is 17.7 Å². The van der Waals surface area contributed by atoms with Crippen molar-refractivity contribution in [1.82, 2.24) is 15.5 Å². The van der Waals surface area contributed by atoms with Crippen LogP contribution in [0.3, 0.4) is 0 Å². The summed E-state index contributed by atoms with van der Waals surface area (Å²) >= 11 is 0. The molecule has 2 aromatic rings. The van der Waals surface area contributed by atoms with Gasteiger partial charge in [0.25, 0.3) is 17.7 Å². The minimum Gasteiger partial charge on any atom is -0.371 e. The van der Waals surface area contributed by atoms with Crippen molar-refractivity contribution in [2.75, 3.05) is 24.5 Å². The zero-order valence-electron chi connectivity index (χ0n) is 19.5. The fraction of sp³-hybridized carbons (Fsp3) is 0.346. The van der Waals surface area contributed by atoms with Gasteiger partial charge < -0.3 is 10.2 Å².